The van der Waals surface area contributed by atoms with Gasteiger partial charge in [0.05, 0.1) is 5.56 Å². The van der Waals surface area contributed by atoms with Gasteiger partial charge in [0.2, 0.25) is 0 Å². The van der Waals surface area contributed by atoms with E-state index in [0.29, 0.717) is 36.0 Å². The highest BCUT2D eigenvalue weighted by atomic mass is 35.5. The first kappa shape index (κ1) is 18.3. The Bertz CT molecular complexity index is 782. The molecule has 0 saturated carbocycles. The van der Waals surface area contributed by atoms with Crippen LogP contribution in [0.1, 0.15) is 12.0 Å². The highest BCUT2D eigenvalue weighted by Crippen LogP contribution is 2.29. The van der Waals surface area contributed by atoms with Crippen molar-refractivity contribution >= 4 is 29.1 Å². The number of nitrogens with zero attached hydrogens (tertiary/aromatic N) is 2. The Morgan fingerprint density at radius 2 is 2.08 bits per heavy atom. The molecule has 1 aromatic carbocycles. The number of hydrogen-bond donors (Lipinski definition) is 2. The van der Waals surface area contributed by atoms with Gasteiger partial charge in [-0.15, -0.1) is 0 Å². The summed E-state index contributed by atoms with van der Waals surface area (Å²) in [6.45, 7) is 1.07. The summed E-state index contributed by atoms with van der Waals surface area (Å²) >= 11 is 5.87. The minimum Gasteiger partial charge on any atom is -0.354 e. The number of benzene rings is 1. The van der Waals surface area contributed by atoms with Crippen molar-refractivity contribution < 1.29 is 18.0 Å². The molecule has 0 radical (unpaired) electrons. The standard InChI is InChI=1S/C17H16ClF3N4O/c18-12-2-1-3-13(8-12)23-16(26)24-14-6-7-25(10-14)15-5-4-11(9-22-15)17(19,20)21/h1-5,8-9,14H,6-7,10H2,(H2,23,24,26). The van der Waals surface area contributed by atoms with E-state index < -0.39 is 11.7 Å². The lowest BCUT2D eigenvalue weighted by atomic mass is 10.2. The Morgan fingerprint density at radius 1 is 1.27 bits per heavy atom. The van der Waals surface area contributed by atoms with E-state index >= 15 is 0 Å². The number of pyridine rings is 1. The zero-order valence-electron chi connectivity index (χ0n) is 13.6. The monoisotopic (exact) mass is 384 g/mol. The number of urea groups is 1. The maximum Gasteiger partial charge on any atom is 0.417 e. The van der Waals surface area contributed by atoms with Crippen LogP contribution in [0.4, 0.5) is 29.5 Å². The van der Waals surface area contributed by atoms with Gasteiger partial charge in [0.15, 0.2) is 0 Å². The summed E-state index contributed by atoms with van der Waals surface area (Å²) in [6, 6.07) is 8.65. The van der Waals surface area contributed by atoms with Crippen LogP contribution in [0.15, 0.2) is 42.6 Å². The summed E-state index contributed by atoms with van der Waals surface area (Å²) in [4.78, 5) is 17.8. The van der Waals surface area contributed by atoms with E-state index in [0.717, 1.165) is 12.3 Å². The number of hydrogen-bond acceptors (Lipinski definition) is 3. The molecule has 2 N–H and O–H groups in total. The van der Waals surface area contributed by atoms with Crippen LogP contribution in [0.25, 0.3) is 0 Å². The Labute approximate surface area is 153 Å². The molecule has 0 bridgehead atoms. The van der Waals surface area contributed by atoms with E-state index in [1.54, 1.807) is 24.3 Å². The number of nitrogens with one attached hydrogen (secondary N) is 2. The van der Waals surface area contributed by atoms with Gasteiger partial charge in [-0.05, 0) is 36.8 Å². The molecule has 0 spiro atoms. The van der Waals surface area contributed by atoms with E-state index in [1.807, 2.05) is 4.90 Å². The highest BCUT2D eigenvalue weighted by molar-refractivity contribution is 6.30. The fraction of sp³-hybridized carbons (Fsp3) is 0.294. The number of rotatable bonds is 3. The van der Waals surface area contributed by atoms with Gasteiger partial charge >= 0.3 is 12.2 Å². The number of anilines is 2. The largest absolute Gasteiger partial charge is 0.417 e. The topological polar surface area (TPSA) is 57.3 Å². The van der Waals surface area contributed by atoms with Crippen molar-refractivity contribution in [2.75, 3.05) is 23.3 Å². The lowest BCUT2D eigenvalue weighted by Gasteiger charge is -2.18. The number of alkyl halides is 3. The highest BCUT2D eigenvalue weighted by Gasteiger charge is 2.31. The van der Waals surface area contributed by atoms with Gasteiger partial charge in [-0.25, -0.2) is 9.78 Å². The molecule has 138 valence electrons. The minimum atomic E-state index is -4.40. The first-order valence-corrected chi connectivity index (χ1v) is 8.30. The van der Waals surface area contributed by atoms with Crippen LogP contribution in [-0.2, 0) is 6.18 Å². The molecular formula is C17H16ClF3N4O. The first-order valence-electron chi connectivity index (χ1n) is 7.92. The van der Waals surface area contributed by atoms with Crippen molar-refractivity contribution in [3.05, 3.63) is 53.2 Å². The second-order valence-electron chi connectivity index (χ2n) is 5.94. The Kier molecular flexibility index (Phi) is 5.22. The lowest BCUT2D eigenvalue weighted by molar-refractivity contribution is -0.137. The zero-order chi connectivity index (χ0) is 18.7. The van der Waals surface area contributed by atoms with Crippen molar-refractivity contribution in [1.82, 2.24) is 10.3 Å². The van der Waals surface area contributed by atoms with Crippen LogP contribution < -0.4 is 15.5 Å². The van der Waals surface area contributed by atoms with Crippen molar-refractivity contribution in [3.63, 3.8) is 0 Å². The Morgan fingerprint density at radius 3 is 2.73 bits per heavy atom. The predicted octanol–water partition coefficient (Wildman–Crippen LogP) is 4.15. The quantitative estimate of drug-likeness (QED) is 0.835. The zero-order valence-corrected chi connectivity index (χ0v) is 14.3. The van der Waals surface area contributed by atoms with E-state index in [-0.39, 0.29) is 12.1 Å². The average molecular weight is 385 g/mol. The third kappa shape index (κ3) is 4.57. The van der Waals surface area contributed by atoms with Crippen LogP contribution in [-0.4, -0.2) is 30.1 Å². The Hall–Kier alpha value is -2.48. The normalized spacial score (nSPS) is 17.2. The molecule has 5 nitrogen and oxygen atoms in total. The summed E-state index contributed by atoms with van der Waals surface area (Å²) < 4.78 is 37.8. The maximum atomic E-state index is 12.6. The molecule has 9 heteroatoms. The molecule has 1 fully saturated rings. The van der Waals surface area contributed by atoms with Crippen LogP contribution in [0.5, 0.6) is 0 Å². The predicted molar refractivity (Wildman–Crippen MR) is 93.5 cm³/mol. The maximum absolute atomic E-state index is 12.6. The fourth-order valence-corrected chi connectivity index (χ4v) is 2.94. The van der Waals surface area contributed by atoms with Gasteiger partial charge in [-0.2, -0.15) is 13.2 Å². The summed E-state index contributed by atoms with van der Waals surface area (Å²) in [7, 11) is 0. The van der Waals surface area contributed by atoms with Crippen LogP contribution in [0, 0.1) is 0 Å². The third-order valence-corrected chi connectivity index (χ3v) is 4.24. The lowest BCUT2D eigenvalue weighted by Crippen LogP contribution is -2.39. The van der Waals surface area contributed by atoms with E-state index in [9.17, 15) is 18.0 Å². The number of aromatic nitrogens is 1. The molecule has 2 amide bonds. The second kappa shape index (κ2) is 7.41. The summed E-state index contributed by atoms with van der Waals surface area (Å²) in [6.07, 6.45) is -2.91. The minimum absolute atomic E-state index is 0.127. The summed E-state index contributed by atoms with van der Waals surface area (Å²) in [5.74, 6) is 0.456. The van der Waals surface area contributed by atoms with E-state index in [2.05, 4.69) is 15.6 Å². The van der Waals surface area contributed by atoms with Gasteiger partial charge in [0.25, 0.3) is 0 Å². The van der Waals surface area contributed by atoms with Gasteiger partial charge in [0.1, 0.15) is 5.82 Å². The Balaban J connectivity index is 1.54. The first-order chi connectivity index (χ1) is 12.3. The summed E-state index contributed by atoms with van der Waals surface area (Å²) in [5.41, 5.74) is -0.203. The number of carbonyl (C=O) groups excluding carboxylic acids is 1. The molecule has 2 heterocycles. The van der Waals surface area contributed by atoms with Crippen molar-refractivity contribution in [2.24, 2.45) is 0 Å². The number of amides is 2. The van der Waals surface area contributed by atoms with E-state index in [1.165, 1.54) is 6.07 Å². The molecule has 2 aromatic rings. The van der Waals surface area contributed by atoms with Crippen LogP contribution in [0.2, 0.25) is 5.02 Å². The fourth-order valence-electron chi connectivity index (χ4n) is 2.75. The molecule has 1 unspecified atom stereocenters. The smallest absolute Gasteiger partial charge is 0.354 e. The number of carbonyl (C=O) groups is 1. The third-order valence-electron chi connectivity index (χ3n) is 4.01. The van der Waals surface area contributed by atoms with Crippen LogP contribution >= 0.6 is 11.6 Å². The SMILES string of the molecule is O=C(Nc1cccc(Cl)c1)NC1CCN(c2ccc(C(F)(F)F)cn2)C1. The molecule has 1 saturated heterocycles. The molecule has 26 heavy (non-hydrogen) atoms. The van der Waals surface area contributed by atoms with Crippen LogP contribution in [0.3, 0.4) is 0 Å². The molecule has 1 aliphatic heterocycles. The average Bonchev–Trinajstić information content (AvgIpc) is 3.02. The van der Waals surface area contributed by atoms with Gasteiger partial charge < -0.3 is 15.5 Å². The van der Waals surface area contributed by atoms with E-state index in [4.69, 9.17) is 11.6 Å². The summed E-state index contributed by atoms with van der Waals surface area (Å²) in [5, 5.41) is 6.05. The van der Waals surface area contributed by atoms with Gasteiger partial charge in [-0.3, -0.25) is 0 Å². The second-order valence-corrected chi connectivity index (χ2v) is 6.38. The van der Waals surface area contributed by atoms with Gasteiger partial charge in [-0.1, -0.05) is 17.7 Å². The van der Waals surface area contributed by atoms with Crippen molar-refractivity contribution in [2.45, 2.75) is 18.6 Å². The molecule has 1 atom stereocenters. The van der Waals surface area contributed by atoms with Crippen molar-refractivity contribution in [3.8, 4) is 0 Å². The molecule has 1 aliphatic rings. The molecular weight excluding hydrogens is 369 g/mol. The van der Waals surface area contributed by atoms with Gasteiger partial charge in [0, 0.05) is 36.0 Å². The van der Waals surface area contributed by atoms with Crippen molar-refractivity contribution in [1.29, 1.82) is 0 Å². The molecule has 0 aliphatic carbocycles. The molecule has 1 aromatic heterocycles. The number of halogens is 4. The molecule has 3 rings (SSSR count).